The molecule has 1 aliphatic heterocycles. The van der Waals surface area contributed by atoms with Crippen LogP contribution in [0.2, 0.25) is 0 Å². The zero-order valence-electron chi connectivity index (χ0n) is 11.2. The summed E-state index contributed by atoms with van der Waals surface area (Å²) in [6.07, 6.45) is 6.75. The van der Waals surface area contributed by atoms with Crippen LogP contribution in [0.25, 0.3) is 0 Å². The highest BCUT2D eigenvalue weighted by Crippen LogP contribution is 2.39. The molecule has 1 aliphatic carbocycles. The summed E-state index contributed by atoms with van der Waals surface area (Å²) in [7, 11) is 0. The summed E-state index contributed by atoms with van der Waals surface area (Å²) in [5.74, 6) is 0.921. The number of nitrogens with zero attached hydrogens (tertiary/aromatic N) is 1. The van der Waals surface area contributed by atoms with Crippen molar-refractivity contribution in [2.75, 3.05) is 13.1 Å². The molecule has 2 fully saturated rings. The van der Waals surface area contributed by atoms with Crippen LogP contribution in [0.15, 0.2) is 0 Å². The van der Waals surface area contributed by atoms with Crippen LogP contribution in [0.4, 0.5) is 0 Å². The standard InChI is InChI=1S/C14H28N2/c1-4-11-6-5-9-16(10-11)12-7-8-14(2,3)13(12)15/h11-13H,4-10,15H2,1-3H3. The average Bonchev–Trinajstić information content (AvgIpc) is 2.55. The van der Waals surface area contributed by atoms with Gasteiger partial charge in [0.1, 0.15) is 0 Å². The lowest BCUT2D eigenvalue weighted by molar-refractivity contribution is 0.104. The molecular weight excluding hydrogens is 196 g/mol. The van der Waals surface area contributed by atoms with Crippen LogP contribution in [0.1, 0.15) is 52.9 Å². The molecule has 0 aromatic carbocycles. The molecule has 0 aromatic heterocycles. The summed E-state index contributed by atoms with van der Waals surface area (Å²) in [6.45, 7) is 9.57. The van der Waals surface area contributed by atoms with Crippen molar-refractivity contribution >= 4 is 0 Å². The van der Waals surface area contributed by atoms with Crippen LogP contribution in [0, 0.1) is 11.3 Å². The van der Waals surface area contributed by atoms with E-state index in [4.69, 9.17) is 5.73 Å². The smallest absolute Gasteiger partial charge is 0.0252 e. The van der Waals surface area contributed by atoms with Crippen LogP contribution in [-0.4, -0.2) is 30.1 Å². The third-order valence-electron chi connectivity index (χ3n) is 5.00. The molecule has 0 spiro atoms. The highest BCUT2D eigenvalue weighted by Gasteiger charge is 2.42. The molecule has 94 valence electrons. The zero-order valence-corrected chi connectivity index (χ0v) is 11.2. The van der Waals surface area contributed by atoms with Gasteiger partial charge in [0.25, 0.3) is 0 Å². The molecule has 2 N–H and O–H groups in total. The Bertz CT molecular complexity index is 237. The van der Waals surface area contributed by atoms with Crippen LogP contribution >= 0.6 is 0 Å². The average molecular weight is 224 g/mol. The molecule has 3 unspecified atom stereocenters. The lowest BCUT2D eigenvalue weighted by Crippen LogP contribution is -2.52. The predicted octanol–water partition coefficient (Wildman–Crippen LogP) is 2.62. The van der Waals surface area contributed by atoms with Crippen molar-refractivity contribution in [3.05, 3.63) is 0 Å². The molecule has 2 nitrogen and oxygen atoms in total. The van der Waals surface area contributed by atoms with Gasteiger partial charge in [0.2, 0.25) is 0 Å². The number of piperidine rings is 1. The molecule has 3 atom stereocenters. The van der Waals surface area contributed by atoms with Crippen molar-refractivity contribution in [3.63, 3.8) is 0 Å². The van der Waals surface area contributed by atoms with Crippen molar-refractivity contribution in [3.8, 4) is 0 Å². The Labute approximate surface area is 101 Å². The summed E-state index contributed by atoms with van der Waals surface area (Å²) >= 11 is 0. The monoisotopic (exact) mass is 224 g/mol. The third kappa shape index (κ3) is 2.28. The molecule has 2 heteroatoms. The third-order valence-corrected chi connectivity index (χ3v) is 5.00. The Morgan fingerprint density at radius 2 is 2.06 bits per heavy atom. The largest absolute Gasteiger partial charge is 0.326 e. The van der Waals surface area contributed by atoms with E-state index in [-0.39, 0.29) is 0 Å². The molecule has 0 bridgehead atoms. The van der Waals surface area contributed by atoms with Crippen molar-refractivity contribution in [2.24, 2.45) is 17.1 Å². The maximum atomic E-state index is 6.43. The maximum Gasteiger partial charge on any atom is 0.0252 e. The van der Waals surface area contributed by atoms with E-state index in [9.17, 15) is 0 Å². The molecule has 0 amide bonds. The normalized spacial score (nSPS) is 40.1. The molecule has 1 heterocycles. The van der Waals surface area contributed by atoms with Gasteiger partial charge < -0.3 is 5.73 Å². The first-order valence-corrected chi connectivity index (χ1v) is 7.04. The molecule has 16 heavy (non-hydrogen) atoms. The van der Waals surface area contributed by atoms with E-state index in [2.05, 4.69) is 25.7 Å². The minimum atomic E-state index is 0.351. The number of rotatable bonds is 2. The first kappa shape index (κ1) is 12.4. The minimum Gasteiger partial charge on any atom is -0.326 e. The number of hydrogen-bond acceptors (Lipinski definition) is 2. The molecule has 0 aromatic rings. The summed E-state index contributed by atoms with van der Waals surface area (Å²) in [5.41, 5.74) is 6.78. The summed E-state index contributed by atoms with van der Waals surface area (Å²) in [6, 6.07) is 1.03. The van der Waals surface area contributed by atoms with Crippen LogP contribution in [0.5, 0.6) is 0 Å². The summed E-state index contributed by atoms with van der Waals surface area (Å²) in [4.78, 5) is 2.69. The second-order valence-corrected chi connectivity index (χ2v) is 6.53. The Morgan fingerprint density at radius 3 is 2.62 bits per heavy atom. The van der Waals surface area contributed by atoms with Crippen molar-refractivity contribution in [1.29, 1.82) is 0 Å². The van der Waals surface area contributed by atoms with Gasteiger partial charge in [-0.1, -0.05) is 27.2 Å². The first-order valence-electron chi connectivity index (χ1n) is 7.04. The van der Waals surface area contributed by atoms with Gasteiger partial charge in [-0.05, 0) is 43.6 Å². The minimum absolute atomic E-state index is 0.351. The Balaban J connectivity index is 1.97. The fraction of sp³-hybridized carbons (Fsp3) is 1.00. The van der Waals surface area contributed by atoms with Crippen molar-refractivity contribution in [2.45, 2.75) is 65.0 Å². The van der Waals surface area contributed by atoms with Gasteiger partial charge in [0.15, 0.2) is 0 Å². The SMILES string of the molecule is CCC1CCCN(C2CCC(C)(C)C2N)C1. The van der Waals surface area contributed by atoms with Crippen LogP contribution < -0.4 is 5.73 Å². The van der Waals surface area contributed by atoms with Crippen molar-refractivity contribution in [1.82, 2.24) is 4.90 Å². The quantitative estimate of drug-likeness (QED) is 0.781. The van der Waals surface area contributed by atoms with E-state index in [0.29, 0.717) is 17.5 Å². The van der Waals surface area contributed by atoms with Gasteiger partial charge in [0.05, 0.1) is 0 Å². The van der Waals surface area contributed by atoms with Gasteiger partial charge in [-0.2, -0.15) is 0 Å². The van der Waals surface area contributed by atoms with Gasteiger partial charge in [-0.3, -0.25) is 4.90 Å². The lowest BCUT2D eigenvalue weighted by Gasteiger charge is -2.40. The highest BCUT2D eigenvalue weighted by atomic mass is 15.2. The Morgan fingerprint density at radius 1 is 1.31 bits per heavy atom. The predicted molar refractivity (Wildman–Crippen MR) is 69.4 cm³/mol. The highest BCUT2D eigenvalue weighted by molar-refractivity contribution is 5.00. The summed E-state index contributed by atoms with van der Waals surface area (Å²) < 4.78 is 0. The fourth-order valence-electron chi connectivity index (χ4n) is 3.53. The zero-order chi connectivity index (χ0) is 11.8. The van der Waals surface area contributed by atoms with Crippen LogP contribution in [-0.2, 0) is 0 Å². The van der Waals surface area contributed by atoms with Gasteiger partial charge in [0, 0.05) is 18.6 Å². The first-order chi connectivity index (χ1) is 7.54. The maximum absolute atomic E-state index is 6.43. The van der Waals surface area contributed by atoms with E-state index in [1.54, 1.807) is 0 Å². The van der Waals surface area contributed by atoms with Crippen LogP contribution in [0.3, 0.4) is 0 Å². The van der Waals surface area contributed by atoms with Gasteiger partial charge >= 0.3 is 0 Å². The Hall–Kier alpha value is -0.0800. The molecule has 1 saturated carbocycles. The molecular formula is C14H28N2. The van der Waals surface area contributed by atoms with E-state index in [0.717, 1.165) is 5.92 Å². The topological polar surface area (TPSA) is 29.3 Å². The number of hydrogen-bond donors (Lipinski definition) is 1. The van der Waals surface area contributed by atoms with Crippen molar-refractivity contribution < 1.29 is 0 Å². The molecule has 2 aliphatic rings. The van der Waals surface area contributed by atoms with E-state index in [1.165, 1.54) is 45.2 Å². The molecule has 1 saturated heterocycles. The lowest BCUT2D eigenvalue weighted by atomic mass is 9.86. The second-order valence-electron chi connectivity index (χ2n) is 6.53. The van der Waals surface area contributed by atoms with E-state index < -0.39 is 0 Å². The summed E-state index contributed by atoms with van der Waals surface area (Å²) in [5, 5.41) is 0. The van der Waals surface area contributed by atoms with Gasteiger partial charge in [-0.15, -0.1) is 0 Å². The van der Waals surface area contributed by atoms with E-state index in [1.807, 2.05) is 0 Å². The number of nitrogens with two attached hydrogens (primary N) is 1. The molecule has 2 rings (SSSR count). The number of likely N-dealkylation sites (tertiary alicyclic amines) is 1. The van der Waals surface area contributed by atoms with E-state index >= 15 is 0 Å². The van der Waals surface area contributed by atoms with Gasteiger partial charge in [-0.25, -0.2) is 0 Å². The second kappa shape index (κ2) is 4.66. The Kier molecular flexibility index (Phi) is 3.60. The molecule has 0 radical (unpaired) electrons. The fourth-order valence-corrected chi connectivity index (χ4v) is 3.53.